The Kier molecular flexibility index (Phi) is 4.10. The Morgan fingerprint density at radius 1 is 1.50 bits per heavy atom. The average molecular weight is 238 g/mol. The van der Waals surface area contributed by atoms with Crippen molar-refractivity contribution in [2.45, 2.75) is 12.5 Å². The Bertz CT molecular complexity index is 386. The lowest BCUT2D eigenvalue weighted by molar-refractivity contribution is 0.0153. The SMILES string of the molecule is OCC(OCCc1ccn[nH]1)c1cccs1. The summed E-state index contributed by atoms with van der Waals surface area (Å²) < 4.78 is 5.62. The van der Waals surface area contributed by atoms with E-state index in [1.165, 1.54) is 0 Å². The second kappa shape index (κ2) is 5.79. The van der Waals surface area contributed by atoms with Crippen LogP contribution in [0.15, 0.2) is 29.8 Å². The minimum atomic E-state index is -0.206. The number of ether oxygens (including phenoxy) is 1. The van der Waals surface area contributed by atoms with Gasteiger partial charge in [0.1, 0.15) is 6.10 Å². The summed E-state index contributed by atoms with van der Waals surface area (Å²) in [6.07, 6.45) is 2.29. The van der Waals surface area contributed by atoms with Gasteiger partial charge in [0.2, 0.25) is 0 Å². The molecule has 0 saturated heterocycles. The van der Waals surface area contributed by atoms with Gasteiger partial charge in [-0.2, -0.15) is 5.10 Å². The van der Waals surface area contributed by atoms with Crippen molar-refractivity contribution < 1.29 is 9.84 Å². The second-order valence-corrected chi connectivity index (χ2v) is 4.37. The molecule has 4 nitrogen and oxygen atoms in total. The number of H-pyrrole nitrogens is 1. The van der Waals surface area contributed by atoms with Gasteiger partial charge in [-0.1, -0.05) is 6.07 Å². The maximum atomic E-state index is 9.22. The monoisotopic (exact) mass is 238 g/mol. The maximum absolute atomic E-state index is 9.22. The molecular weight excluding hydrogens is 224 g/mol. The second-order valence-electron chi connectivity index (χ2n) is 3.39. The summed E-state index contributed by atoms with van der Waals surface area (Å²) >= 11 is 1.60. The normalized spacial score (nSPS) is 12.8. The van der Waals surface area contributed by atoms with Crippen molar-refractivity contribution in [3.05, 3.63) is 40.3 Å². The molecule has 2 aromatic heterocycles. The van der Waals surface area contributed by atoms with Crippen molar-refractivity contribution in [2.75, 3.05) is 13.2 Å². The summed E-state index contributed by atoms with van der Waals surface area (Å²) in [7, 11) is 0. The van der Waals surface area contributed by atoms with Crippen molar-refractivity contribution in [3.8, 4) is 0 Å². The molecule has 1 unspecified atom stereocenters. The van der Waals surface area contributed by atoms with Crippen LogP contribution in [-0.4, -0.2) is 28.5 Å². The molecule has 2 aromatic rings. The largest absolute Gasteiger partial charge is 0.393 e. The van der Waals surface area contributed by atoms with Gasteiger partial charge in [0.05, 0.1) is 13.2 Å². The highest BCUT2D eigenvalue weighted by molar-refractivity contribution is 7.10. The third-order valence-electron chi connectivity index (χ3n) is 2.28. The number of aromatic amines is 1. The summed E-state index contributed by atoms with van der Waals surface area (Å²) in [5.74, 6) is 0. The van der Waals surface area contributed by atoms with Crippen LogP contribution in [-0.2, 0) is 11.2 Å². The standard InChI is InChI=1S/C11H14N2O2S/c14-8-10(11-2-1-7-16-11)15-6-4-9-3-5-12-13-9/h1-3,5,7,10,14H,4,6,8H2,(H,12,13). The molecule has 0 spiro atoms. The number of nitrogens with one attached hydrogen (secondary N) is 1. The van der Waals surface area contributed by atoms with Crippen molar-refractivity contribution in [2.24, 2.45) is 0 Å². The predicted octanol–water partition coefficient (Wildman–Crippen LogP) is 1.76. The topological polar surface area (TPSA) is 58.1 Å². The summed E-state index contributed by atoms with van der Waals surface area (Å²) in [5.41, 5.74) is 1.04. The summed E-state index contributed by atoms with van der Waals surface area (Å²) in [4.78, 5) is 1.06. The third-order valence-corrected chi connectivity index (χ3v) is 3.24. The van der Waals surface area contributed by atoms with Crippen LogP contribution in [0.3, 0.4) is 0 Å². The van der Waals surface area contributed by atoms with E-state index >= 15 is 0 Å². The number of nitrogens with zero attached hydrogens (tertiary/aromatic N) is 1. The van der Waals surface area contributed by atoms with Gasteiger partial charge >= 0.3 is 0 Å². The van der Waals surface area contributed by atoms with Crippen molar-refractivity contribution in [1.82, 2.24) is 10.2 Å². The summed E-state index contributed by atoms with van der Waals surface area (Å²) in [6.45, 7) is 0.592. The van der Waals surface area contributed by atoms with Crippen LogP contribution in [0.2, 0.25) is 0 Å². The molecule has 0 aliphatic carbocycles. The quantitative estimate of drug-likeness (QED) is 0.806. The highest BCUT2D eigenvalue weighted by Crippen LogP contribution is 2.21. The van der Waals surface area contributed by atoms with Crippen LogP contribution in [0.5, 0.6) is 0 Å². The molecule has 0 fully saturated rings. The number of rotatable bonds is 6. The fourth-order valence-electron chi connectivity index (χ4n) is 1.43. The zero-order chi connectivity index (χ0) is 11.2. The molecule has 0 aromatic carbocycles. The lowest BCUT2D eigenvalue weighted by Crippen LogP contribution is -2.10. The first kappa shape index (κ1) is 11.3. The van der Waals surface area contributed by atoms with Gasteiger partial charge in [-0.25, -0.2) is 0 Å². The first-order chi connectivity index (χ1) is 7.90. The molecule has 16 heavy (non-hydrogen) atoms. The van der Waals surface area contributed by atoms with E-state index in [9.17, 15) is 5.11 Å². The molecule has 0 radical (unpaired) electrons. The van der Waals surface area contributed by atoms with Gasteiger partial charge in [0.25, 0.3) is 0 Å². The molecule has 2 rings (SSSR count). The van der Waals surface area contributed by atoms with Crippen LogP contribution >= 0.6 is 11.3 Å². The molecule has 0 aliphatic heterocycles. The van der Waals surface area contributed by atoms with Crippen molar-refractivity contribution in [3.63, 3.8) is 0 Å². The van der Waals surface area contributed by atoms with E-state index in [2.05, 4.69) is 10.2 Å². The number of hydrogen-bond acceptors (Lipinski definition) is 4. The number of aliphatic hydroxyl groups is 1. The fourth-order valence-corrected chi connectivity index (χ4v) is 2.20. The zero-order valence-electron chi connectivity index (χ0n) is 8.80. The Hall–Kier alpha value is -1.17. The lowest BCUT2D eigenvalue weighted by atomic mass is 10.3. The summed E-state index contributed by atoms with van der Waals surface area (Å²) in [5, 5.41) is 17.9. The van der Waals surface area contributed by atoms with Gasteiger partial charge in [-0.3, -0.25) is 5.10 Å². The molecule has 2 N–H and O–H groups in total. The van der Waals surface area contributed by atoms with Crippen LogP contribution in [0.1, 0.15) is 16.7 Å². The molecular formula is C11H14N2O2S. The van der Waals surface area contributed by atoms with Gasteiger partial charge in [-0.05, 0) is 17.5 Å². The number of hydrogen-bond donors (Lipinski definition) is 2. The first-order valence-electron chi connectivity index (χ1n) is 5.14. The Labute approximate surface area is 97.9 Å². The van der Waals surface area contributed by atoms with Crippen LogP contribution in [0, 0.1) is 0 Å². The number of aliphatic hydroxyl groups excluding tert-OH is 1. The Morgan fingerprint density at radius 2 is 2.44 bits per heavy atom. The molecule has 2 heterocycles. The Morgan fingerprint density at radius 3 is 3.06 bits per heavy atom. The van der Waals surface area contributed by atoms with E-state index in [1.54, 1.807) is 17.5 Å². The van der Waals surface area contributed by atoms with E-state index < -0.39 is 0 Å². The van der Waals surface area contributed by atoms with E-state index in [0.717, 1.165) is 17.0 Å². The molecule has 1 atom stereocenters. The molecule has 0 saturated carbocycles. The lowest BCUT2D eigenvalue weighted by Gasteiger charge is -2.13. The average Bonchev–Trinajstić information content (AvgIpc) is 2.96. The van der Waals surface area contributed by atoms with Gasteiger partial charge < -0.3 is 9.84 Å². The van der Waals surface area contributed by atoms with E-state index in [-0.39, 0.29) is 12.7 Å². The van der Waals surface area contributed by atoms with Gasteiger partial charge in [0.15, 0.2) is 0 Å². The minimum Gasteiger partial charge on any atom is -0.393 e. The molecule has 0 amide bonds. The zero-order valence-corrected chi connectivity index (χ0v) is 9.61. The maximum Gasteiger partial charge on any atom is 0.115 e. The van der Waals surface area contributed by atoms with Crippen LogP contribution < -0.4 is 0 Å². The Balaban J connectivity index is 1.80. The number of aromatic nitrogens is 2. The molecule has 86 valence electrons. The van der Waals surface area contributed by atoms with Gasteiger partial charge in [0, 0.05) is 23.2 Å². The highest BCUT2D eigenvalue weighted by atomic mass is 32.1. The smallest absolute Gasteiger partial charge is 0.115 e. The van der Waals surface area contributed by atoms with Crippen molar-refractivity contribution >= 4 is 11.3 Å². The first-order valence-corrected chi connectivity index (χ1v) is 6.02. The van der Waals surface area contributed by atoms with Crippen molar-refractivity contribution in [1.29, 1.82) is 0 Å². The summed E-state index contributed by atoms with van der Waals surface area (Å²) in [6, 6.07) is 5.85. The van der Waals surface area contributed by atoms with Crippen LogP contribution in [0.4, 0.5) is 0 Å². The van der Waals surface area contributed by atoms with E-state index in [1.807, 2.05) is 23.6 Å². The van der Waals surface area contributed by atoms with Gasteiger partial charge in [-0.15, -0.1) is 11.3 Å². The highest BCUT2D eigenvalue weighted by Gasteiger charge is 2.11. The third kappa shape index (κ3) is 2.91. The van der Waals surface area contributed by atoms with E-state index in [0.29, 0.717) is 6.61 Å². The predicted molar refractivity (Wildman–Crippen MR) is 62.4 cm³/mol. The molecule has 0 bridgehead atoms. The molecule has 0 aliphatic rings. The number of thiophene rings is 1. The minimum absolute atomic E-state index is 0.0174. The fraction of sp³-hybridized carbons (Fsp3) is 0.364. The van der Waals surface area contributed by atoms with Crippen LogP contribution in [0.25, 0.3) is 0 Å². The van der Waals surface area contributed by atoms with E-state index in [4.69, 9.17) is 4.74 Å². The molecule has 5 heteroatoms.